The summed E-state index contributed by atoms with van der Waals surface area (Å²) in [5.41, 5.74) is 0. The van der Waals surface area contributed by atoms with Gasteiger partial charge in [0.1, 0.15) is 12.7 Å². The topological polar surface area (TPSA) is 71.1 Å². The summed E-state index contributed by atoms with van der Waals surface area (Å²) in [5.74, 6) is 0. The summed E-state index contributed by atoms with van der Waals surface area (Å²) in [6, 6.07) is 0. The monoisotopic (exact) mass is 243 g/mol. The fourth-order valence-corrected chi connectivity index (χ4v) is 0.642. The quantitative estimate of drug-likeness (QED) is 0.527. The van der Waals surface area contributed by atoms with E-state index in [0.717, 1.165) is 0 Å². The van der Waals surface area contributed by atoms with E-state index in [1.165, 1.54) is 0 Å². The molecule has 16 heavy (non-hydrogen) atoms. The van der Waals surface area contributed by atoms with Crippen LogP contribution in [-0.2, 0) is 18.9 Å². The van der Waals surface area contributed by atoms with Gasteiger partial charge in [-0.05, 0) is 20.8 Å². The summed E-state index contributed by atoms with van der Waals surface area (Å²) in [4.78, 5) is 21.5. The molecule has 1 atom stereocenters. The molecule has 6 nitrogen and oxygen atoms in total. The zero-order chi connectivity index (χ0) is 11.7. The molecule has 0 rings (SSSR count). The molecule has 0 N–H and O–H groups in total. The first-order valence-corrected chi connectivity index (χ1v) is 4.56. The van der Waals surface area contributed by atoms with Gasteiger partial charge in [-0.15, -0.1) is 0 Å². The molecule has 1 unspecified atom stereocenters. The molecule has 1 radical (unpaired) electrons. The van der Waals surface area contributed by atoms with Crippen molar-refractivity contribution in [1.82, 2.24) is 0 Å². The average molecular weight is 243 g/mol. The molecule has 0 saturated carbocycles. The van der Waals surface area contributed by atoms with Gasteiger partial charge in [-0.3, -0.25) is 0 Å². The van der Waals surface area contributed by atoms with E-state index in [0.29, 0.717) is 0 Å². The molecule has 0 aliphatic heterocycles. The molecule has 0 aliphatic carbocycles. The van der Waals surface area contributed by atoms with Crippen molar-refractivity contribution in [2.24, 2.45) is 0 Å². The second kappa shape index (κ2) is 11.0. The van der Waals surface area contributed by atoms with Crippen molar-refractivity contribution in [3.05, 3.63) is 6.92 Å². The Morgan fingerprint density at radius 2 is 1.56 bits per heavy atom. The van der Waals surface area contributed by atoms with Crippen molar-refractivity contribution in [2.75, 3.05) is 19.8 Å². The first-order valence-electron chi connectivity index (χ1n) is 4.56. The molecule has 0 spiro atoms. The van der Waals surface area contributed by atoms with Crippen molar-refractivity contribution < 1.29 is 28.5 Å². The summed E-state index contributed by atoms with van der Waals surface area (Å²) in [6.45, 7) is 7.00. The van der Waals surface area contributed by atoms with Gasteiger partial charge in [0.15, 0.2) is 0 Å². The maximum atomic E-state index is 10.8. The van der Waals surface area contributed by atoms with E-state index in [-0.39, 0.29) is 49.4 Å². The number of rotatable bonds is 5. The predicted molar refractivity (Wildman–Crippen MR) is 57.4 cm³/mol. The van der Waals surface area contributed by atoms with E-state index >= 15 is 0 Å². The van der Waals surface area contributed by atoms with Crippen molar-refractivity contribution in [3.8, 4) is 0 Å². The Morgan fingerprint density at radius 1 is 1.06 bits per heavy atom. The summed E-state index contributed by atoms with van der Waals surface area (Å²) in [7, 11) is 0. The van der Waals surface area contributed by atoms with E-state index in [2.05, 4.69) is 25.9 Å². The molecule has 0 bridgehead atoms. The molecule has 0 fully saturated rings. The Hall–Kier alpha value is -0.460. The predicted octanol–water partition coefficient (Wildman–Crippen LogP) is 0.887. The molecule has 7 heteroatoms. The van der Waals surface area contributed by atoms with Crippen LogP contribution in [0.5, 0.6) is 0 Å². The molecule has 0 amide bonds. The molecule has 89 valence electrons. The van der Waals surface area contributed by atoms with Gasteiger partial charge in [0, 0.05) is 0 Å². The summed E-state index contributed by atoms with van der Waals surface area (Å²) < 4.78 is 18.2. The van der Waals surface area contributed by atoms with E-state index < -0.39 is 18.4 Å². The van der Waals surface area contributed by atoms with Gasteiger partial charge in [0.2, 0.25) is 0 Å². The molecule has 0 heterocycles. The van der Waals surface area contributed by atoms with Crippen molar-refractivity contribution in [1.29, 1.82) is 0 Å². The molecule has 0 aromatic heterocycles. The Balaban J connectivity index is 0. The number of ether oxygens (including phenoxy) is 4. The molecule has 0 aromatic rings. The summed E-state index contributed by atoms with van der Waals surface area (Å²) in [5, 5.41) is 0. The van der Waals surface area contributed by atoms with Gasteiger partial charge >= 0.3 is 41.9 Å². The van der Waals surface area contributed by atoms with E-state index in [1.807, 2.05) is 0 Å². The van der Waals surface area contributed by atoms with Crippen molar-refractivity contribution >= 4 is 41.9 Å². The molecule has 0 saturated heterocycles. The van der Waals surface area contributed by atoms with Crippen LogP contribution < -0.4 is 0 Å². The third-order valence-electron chi connectivity index (χ3n) is 1.17. The fraction of sp³-hybridized carbons (Fsp3) is 0.667. The normalized spacial score (nSPS) is 10.7. The van der Waals surface area contributed by atoms with Crippen LogP contribution in [0.3, 0.4) is 0 Å². The number of hydrogen-bond acceptors (Lipinski definition) is 6. The van der Waals surface area contributed by atoms with E-state index in [4.69, 9.17) is 0 Å². The van der Waals surface area contributed by atoms with Crippen LogP contribution in [0.15, 0.2) is 0 Å². The maximum absolute atomic E-state index is 10.8. The zero-order valence-electron chi connectivity index (χ0n) is 8.86. The van der Waals surface area contributed by atoms with Gasteiger partial charge in [-0.2, -0.15) is 0 Å². The molecular weight excluding hydrogens is 227 g/mol. The van der Waals surface area contributed by atoms with E-state index in [9.17, 15) is 9.59 Å². The molecule has 0 aromatic carbocycles. The SMILES string of the molecule is [CH2]C(COC(=O)OCC)OC(=O)OCC.[NaH]. The van der Waals surface area contributed by atoms with Crippen LogP contribution in [-0.4, -0.2) is 67.8 Å². The van der Waals surface area contributed by atoms with Crippen LogP contribution in [0.25, 0.3) is 0 Å². The van der Waals surface area contributed by atoms with Crippen LogP contribution in [0.1, 0.15) is 13.8 Å². The zero-order valence-corrected chi connectivity index (χ0v) is 8.86. The van der Waals surface area contributed by atoms with E-state index in [1.54, 1.807) is 13.8 Å². The van der Waals surface area contributed by atoms with Crippen LogP contribution in [0.2, 0.25) is 0 Å². The number of carbonyl (C=O) groups excluding carboxylic acids is 2. The third-order valence-corrected chi connectivity index (χ3v) is 1.17. The standard InChI is InChI=1S/C9H15O6.Na.H/c1-4-12-8(10)14-6-7(3)15-9(11)13-5-2;;/h7H,3-6H2,1-2H3;;. The number of hydrogen-bond donors (Lipinski definition) is 0. The van der Waals surface area contributed by atoms with Gasteiger partial charge in [-0.25, -0.2) is 9.59 Å². The van der Waals surface area contributed by atoms with Crippen molar-refractivity contribution in [3.63, 3.8) is 0 Å². The Labute approximate surface area is 117 Å². The Kier molecular flexibility index (Phi) is 12.4. The fourth-order valence-electron chi connectivity index (χ4n) is 0.642. The Bertz CT molecular complexity index is 208. The Morgan fingerprint density at radius 3 is 2.06 bits per heavy atom. The third kappa shape index (κ3) is 10.1. The summed E-state index contributed by atoms with van der Waals surface area (Å²) >= 11 is 0. The first kappa shape index (κ1) is 17.9. The first-order chi connectivity index (χ1) is 7.10. The van der Waals surface area contributed by atoms with Gasteiger partial charge in [-0.1, -0.05) is 0 Å². The second-order valence-electron chi connectivity index (χ2n) is 2.42. The molecule has 0 aliphatic rings. The van der Waals surface area contributed by atoms with Crippen LogP contribution >= 0.6 is 0 Å². The van der Waals surface area contributed by atoms with Gasteiger partial charge in [0.25, 0.3) is 0 Å². The van der Waals surface area contributed by atoms with Crippen LogP contribution in [0.4, 0.5) is 9.59 Å². The average Bonchev–Trinajstić information content (AvgIpc) is 2.15. The van der Waals surface area contributed by atoms with Crippen molar-refractivity contribution in [2.45, 2.75) is 20.0 Å². The minimum atomic E-state index is -0.843. The summed E-state index contributed by atoms with van der Waals surface area (Å²) in [6.07, 6.45) is -2.47. The van der Waals surface area contributed by atoms with Crippen LogP contribution in [0, 0.1) is 6.92 Å². The number of carbonyl (C=O) groups is 2. The van der Waals surface area contributed by atoms with Gasteiger partial charge in [0.05, 0.1) is 13.2 Å². The molecular formula is C9H16NaO6. The van der Waals surface area contributed by atoms with Gasteiger partial charge < -0.3 is 18.9 Å². The minimum absolute atomic E-state index is 0. The second-order valence-corrected chi connectivity index (χ2v) is 2.42.